The van der Waals surface area contributed by atoms with Crippen LogP contribution in [0.15, 0.2) is 15.7 Å². The Morgan fingerprint density at radius 1 is 1.28 bits per heavy atom. The molecule has 0 saturated carbocycles. The molecule has 0 amide bonds. The molecule has 0 saturated heterocycles. The van der Waals surface area contributed by atoms with E-state index in [2.05, 4.69) is 4.98 Å². The number of halogens is 1. The van der Waals surface area contributed by atoms with Crippen molar-refractivity contribution in [1.29, 1.82) is 0 Å². The van der Waals surface area contributed by atoms with Gasteiger partial charge in [0.2, 0.25) is 0 Å². The minimum atomic E-state index is -0.479. The van der Waals surface area contributed by atoms with Gasteiger partial charge in [-0.2, -0.15) is 0 Å². The third kappa shape index (κ3) is 5.03. The van der Waals surface area contributed by atoms with Gasteiger partial charge in [-0.1, -0.05) is 11.6 Å². The Kier molecular flexibility index (Phi) is 6.70. The molecule has 7 heteroatoms. The maximum Gasteiger partial charge on any atom is 0.329 e. The fourth-order valence-corrected chi connectivity index (χ4v) is 1.60. The summed E-state index contributed by atoms with van der Waals surface area (Å²) < 4.78 is 11.2. The van der Waals surface area contributed by atoms with Crippen LogP contribution in [0.3, 0.4) is 0 Å². The third-order valence-electron chi connectivity index (χ3n) is 2.34. The van der Waals surface area contributed by atoms with Crippen LogP contribution in [0.2, 0.25) is 5.15 Å². The van der Waals surface area contributed by atoms with Gasteiger partial charge in [0.25, 0.3) is 5.56 Å². The molecule has 1 rings (SSSR count). The van der Waals surface area contributed by atoms with E-state index in [-0.39, 0.29) is 10.7 Å². The monoisotopic (exact) mass is 276 g/mol. The van der Waals surface area contributed by atoms with E-state index in [9.17, 15) is 9.59 Å². The zero-order valence-electron chi connectivity index (χ0n) is 10.3. The lowest BCUT2D eigenvalue weighted by Crippen LogP contribution is -2.34. The predicted molar refractivity (Wildman–Crippen MR) is 68.3 cm³/mol. The van der Waals surface area contributed by atoms with Crippen molar-refractivity contribution in [1.82, 2.24) is 9.55 Å². The summed E-state index contributed by atoms with van der Waals surface area (Å²) in [4.78, 5) is 25.3. The predicted octanol–water partition coefficient (Wildman–Crippen LogP) is 0.633. The highest BCUT2D eigenvalue weighted by atomic mass is 35.5. The summed E-state index contributed by atoms with van der Waals surface area (Å²) in [5, 5.41) is 0.0594. The van der Waals surface area contributed by atoms with Gasteiger partial charge >= 0.3 is 5.69 Å². The van der Waals surface area contributed by atoms with Gasteiger partial charge in [-0.25, -0.2) is 4.79 Å². The van der Waals surface area contributed by atoms with Crippen LogP contribution in [-0.4, -0.2) is 36.5 Å². The number of nitrogens with zero attached hydrogens (tertiary/aromatic N) is 1. The molecule has 0 unspecified atom stereocenters. The van der Waals surface area contributed by atoms with Crippen LogP contribution in [0.5, 0.6) is 0 Å². The molecule has 0 spiro atoms. The number of hydrogen-bond acceptors (Lipinski definition) is 4. The highest BCUT2D eigenvalue weighted by Crippen LogP contribution is 1.96. The van der Waals surface area contributed by atoms with Crippen molar-refractivity contribution in [2.24, 2.45) is 0 Å². The van der Waals surface area contributed by atoms with Gasteiger partial charge in [0.05, 0.1) is 13.2 Å². The molecule has 0 atom stereocenters. The summed E-state index contributed by atoms with van der Waals surface area (Å²) in [7, 11) is 1.61. The minimum absolute atomic E-state index is 0.0594. The average molecular weight is 277 g/mol. The van der Waals surface area contributed by atoms with Gasteiger partial charge in [-0.05, 0) is 12.8 Å². The van der Waals surface area contributed by atoms with Crippen LogP contribution in [0.4, 0.5) is 0 Å². The SMILES string of the molecule is COCCOCCCCn1c(=O)cc(Cl)[nH]c1=O. The quantitative estimate of drug-likeness (QED) is 0.558. The van der Waals surface area contributed by atoms with Crippen LogP contribution in [0.25, 0.3) is 0 Å². The molecule has 1 aromatic rings. The number of aromatic amines is 1. The second-order valence-electron chi connectivity index (χ2n) is 3.72. The Hall–Kier alpha value is -1.11. The van der Waals surface area contributed by atoms with Gasteiger partial charge < -0.3 is 9.47 Å². The molecular weight excluding hydrogens is 260 g/mol. The summed E-state index contributed by atoms with van der Waals surface area (Å²) in [6.07, 6.45) is 1.47. The van der Waals surface area contributed by atoms with E-state index in [0.717, 1.165) is 11.0 Å². The number of hydrogen-bond donors (Lipinski definition) is 1. The fraction of sp³-hybridized carbons (Fsp3) is 0.636. The number of nitrogens with one attached hydrogen (secondary N) is 1. The first-order chi connectivity index (χ1) is 8.65. The fourth-order valence-electron chi connectivity index (χ4n) is 1.42. The summed E-state index contributed by atoms with van der Waals surface area (Å²) in [6.45, 7) is 2.07. The van der Waals surface area contributed by atoms with Crippen LogP contribution in [0.1, 0.15) is 12.8 Å². The smallest absolute Gasteiger partial charge is 0.329 e. The third-order valence-corrected chi connectivity index (χ3v) is 2.54. The maximum atomic E-state index is 11.5. The second-order valence-corrected chi connectivity index (χ2v) is 4.13. The van der Waals surface area contributed by atoms with E-state index < -0.39 is 5.69 Å². The van der Waals surface area contributed by atoms with Crippen molar-refractivity contribution >= 4 is 11.6 Å². The molecule has 6 nitrogen and oxygen atoms in total. The average Bonchev–Trinajstić information content (AvgIpc) is 2.30. The van der Waals surface area contributed by atoms with Crippen molar-refractivity contribution in [2.75, 3.05) is 26.9 Å². The Bertz CT molecular complexity index is 438. The number of H-pyrrole nitrogens is 1. The number of methoxy groups -OCH3 is 1. The van der Waals surface area contributed by atoms with Gasteiger partial charge in [-0.15, -0.1) is 0 Å². The second kappa shape index (κ2) is 8.07. The van der Waals surface area contributed by atoms with E-state index in [4.69, 9.17) is 21.1 Å². The molecule has 0 radical (unpaired) electrons. The Balaban J connectivity index is 2.32. The van der Waals surface area contributed by atoms with E-state index >= 15 is 0 Å². The van der Waals surface area contributed by atoms with E-state index in [0.29, 0.717) is 32.8 Å². The maximum absolute atomic E-state index is 11.5. The molecule has 1 N–H and O–H groups in total. The molecule has 18 heavy (non-hydrogen) atoms. The molecular formula is C11H17ClN2O4. The topological polar surface area (TPSA) is 73.3 Å². The van der Waals surface area contributed by atoms with Crippen molar-refractivity contribution in [2.45, 2.75) is 19.4 Å². The summed E-state index contributed by atoms with van der Waals surface area (Å²) >= 11 is 5.55. The molecule has 0 aromatic carbocycles. The van der Waals surface area contributed by atoms with Gasteiger partial charge in [0, 0.05) is 26.3 Å². The number of unbranched alkanes of at least 4 members (excludes halogenated alkanes) is 1. The first-order valence-corrected chi connectivity index (χ1v) is 6.09. The van der Waals surface area contributed by atoms with Gasteiger partial charge in [0.15, 0.2) is 0 Å². The molecule has 0 aliphatic rings. The normalized spacial score (nSPS) is 10.8. The van der Waals surface area contributed by atoms with Crippen molar-refractivity contribution in [3.63, 3.8) is 0 Å². The number of rotatable bonds is 8. The van der Waals surface area contributed by atoms with Gasteiger partial charge in [-0.3, -0.25) is 14.3 Å². The Morgan fingerprint density at radius 2 is 2.06 bits per heavy atom. The first kappa shape index (κ1) is 14.9. The molecule has 0 bridgehead atoms. The molecule has 0 fully saturated rings. The Labute approximate surface area is 109 Å². The standard InChI is InChI=1S/C11H17ClN2O4/c1-17-6-7-18-5-3-2-4-14-10(15)8-9(12)13-11(14)16/h8H,2-7H2,1H3,(H,13,16). The number of ether oxygens (including phenoxy) is 2. The van der Waals surface area contributed by atoms with Crippen molar-refractivity contribution < 1.29 is 9.47 Å². The van der Waals surface area contributed by atoms with E-state index in [1.165, 1.54) is 6.07 Å². The Morgan fingerprint density at radius 3 is 2.72 bits per heavy atom. The highest BCUT2D eigenvalue weighted by molar-refractivity contribution is 6.29. The van der Waals surface area contributed by atoms with Crippen LogP contribution in [-0.2, 0) is 16.0 Å². The molecule has 102 valence electrons. The van der Waals surface area contributed by atoms with Crippen LogP contribution >= 0.6 is 11.6 Å². The lowest BCUT2D eigenvalue weighted by Gasteiger charge is -2.05. The van der Waals surface area contributed by atoms with E-state index in [1.54, 1.807) is 7.11 Å². The lowest BCUT2D eigenvalue weighted by molar-refractivity contribution is 0.0683. The number of aromatic nitrogens is 2. The van der Waals surface area contributed by atoms with E-state index in [1.807, 2.05) is 0 Å². The van der Waals surface area contributed by atoms with Crippen LogP contribution < -0.4 is 11.2 Å². The summed E-state index contributed by atoms with van der Waals surface area (Å²) in [6, 6.07) is 1.19. The van der Waals surface area contributed by atoms with Crippen molar-refractivity contribution in [3.05, 3.63) is 32.1 Å². The zero-order valence-corrected chi connectivity index (χ0v) is 11.0. The molecule has 0 aliphatic heterocycles. The molecule has 1 heterocycles. The summed E-state index contributed by atoms with van der Waals surface area (Å²) in [5.41, 5.74) is -0.864. The molecule has 0 aliphatic carbocycles. The summed E-state index contributed by atoms with van der Waals surface area (Å²) in [5.74, 6) is 0. The largest absolute Gasteiger partial charge is 0.382 e. The van der Waals surface area contributed by atoms with Crippen molar-refractivity contribution in [3.8, 4) is 0 Å². The first-order valence-electron chi connectivity index (χ1n) is 5.71. The lowest BCUT2D eigenvalue weighted by atomic mass is 10.3. The zero-order chi connectivity index (χ0) is 13.4. The van der Waals surface area contributed by atoms with Gasteiger partial charge in [0.1, 0.15) is 5.15 Å². The minimum Gasteiger partial charge on any atom is -0.382 e. The highest BCUT2D eigenvalue weighted by Gasteiger charge is 2.02. The van der Waals surface area contributed by atoms with Crippen LogP contribution in [0, 0.1) is 0 Å². The molecule has 1 aromatic heterocycles.